The Balaban J connectivity index is 5.18. The number of hydrogen-bond donors (Lipinski definition) is 1. The first kappa shape index (κ1) is 13.8. The third-order valence-electron chi connectivity index (χ3n) is 1.01. The quantitative estimate of drug-likeness (QED) is 0.479. The van der Waals surface area contributed by atoms with Gasteiger partial charge in [0.1, 0.15) is 0 Å². The minimum Gasteiger partial charge on any atom is -0.229 e. The molecule has 0 aliphatic carbocycles. The van der Waals surface area contributed by atoms with Gasteiger partial charge in [-0.2, -0.15) is 34.0 Å². The van der Waals surface area contributed by atoms with Crippen molar-refractivity contribution < 1.29 is 38.4 Å². The second-order valence-electron chi connectivity index (χ2n) is 1.99. The van der Waals surface area contributed by atoms with E-state index < -0.39 is 27.7 Å². The van der Waals surface area contributed by atoms with Crippen LogP contribution in [-0.2, 0) is 13.7 Å². The van der Waals surface area contributed by atoms with E-state index in [0.29, 0.717) is 0 Å². The van der Waals surface area contributed by atoms with E-state index in [4.69, 9.17) is 0 Å². The van der Waals surface area contributed by atoms with E-state index in [-0.39, 0.29) is 0 Å². The normalized spacial score (nSPS) is 16.8. The van der Waals surface area contributed by atoms with Gasteiger partial charge in [-0.15, -0.1) is 0 Å². The molecular weight excluding hydrogens is 262 g/mol. The molecule has 0 spiro atoms. The maximum Gasteiger partial charge on any atom is 0.426 e. The van der Waals surface area contributed by atoms with Gasteiger partial charge in [0, 0.05) is 0 Å². The van der Waals surface area contributed by atoms with Crippen molar-refractivity contribution in [2.24, 2.45) is 0 Å². The van der Waals surface area contributed by atoms with Crippen LogP contribution >= 0.6 is 12.9 Å². The fourth-order valence-electron chi connectivity index (χ4n) is 0.367. The van der Waals surface area contributed by atoms with Gasteiger partial charge >= 0.3 is 21.5 Å². The second-order valence-corrected chi connectivity index (χ2v) is 4.04. The Morgan fingerprint density at radius 2 is 1.50 bits per heavy atom. The predicted octanol–water partition coefficient (Wildman–Crippen LogP) is 1.67. The minimum atomic E-state index is -6.04. The van der Waals surface area contributed by atoms with Crippen LogP contribution in [0.15, 0.2) is 0 Å². The molecule has 0 fully saturated rings. The van der Waals surface area contributed by atoms with Crippen molar-refractivity contribution in [3.63, 3.8) is 0 Å². The zero-order chi connectivity index (χ0) is 11.8. The molecule has 14 heavy (non-hydrogen) atoms. The monoisotopic (exact) mass is 264 g/mol. The highest BCUT2D eigenvalue weighted by Crippen LogP contribution is 2.39. The Morgan fingerprint density at radius 3 is 1.71 bits per heavy atom. The topological polar surface area (TPSA) is 43.4 Å². The highest BCUT2D eigenvalue weighted by molar-refractivity contribution is 7.96. The molecule has 0 aromatic rings. The standard InChI is InChI=1S/C3H2F6O3S2/c4-1(2(5,6)7)3(8,9)14(10,11)12-13/h1,13H. The summed E-state index contributed by atoms with van der Waals surface area (Å²) >= 11 is 2.38. The number of rotatable bonds is 3. The van der Waals surface area contributed by atoms with Gasteiger partial charge in [-0.05, 0) is 12.9 Å². The van der Waals surface area contributed by atoms with Crippen LogP contribution in [0.5, 0.6) is 0 Å². The van der Waals surface area contributed by atoms with Gasteiger partial charge in [-0.3, -0.25) is 0 Å². The summed E-state index contributed by atoms with van der Waals surface area (Å²) in [4.78, 5) is 0. The molecule has 86 valence electrons. The number of halogens is 6. The molecule has 0 heterocycles. The largest absolute Gasteiger partial charge is 0.426 e. The lowest BCUT2D eigenvalue weighted by Gasteiger charge is -2.20. The summed E-state index contributed by atoms with van der Waals surface area (Å²) in [5.41, 5.74) is 0. The summed E-state index contributed by atoms with van der Waals surface area (Å²) in [5.74, 6) is 0. The maximum absolute atomic E-state index is 12.2. The first-order chi connectivity index (χ1) is 5.97. The lowest BCUT2D eigenvalue weighted by Crippen LogP contribution is -2.47. The van der Waals surface area contributed by atoms with Crippen LogP contribution in [0.1, 0.15) is 0 Å². The van der Waals surface area contributed by atoms with Crippen molar-refractivity contribution in [2.75, 3.05) is 0 Å². The summed E-state index contributed by atoms with van der Waals surface area (Å²) in [7, 11) is -6.04. The maximum atomic E-state index is 12.2. The first-order valence-corrected chi connectivity index (χ1v) is 4.40. The third kappa shape index (κ3) is 2.45. The molecule has 0 aliphatic rings. The van der Waals surface area contributed by atoms with Crippen molar-refractivity contribution in [1.82, 2.24) is 0 Å². The van der Waals surface area contributed by atoms with Crippen molar-refractivity contribution in [3.05, 3.63) is 0 Å². The lowest BCUT2D eigenvalue weighted by atomic mass is 10.4. The summed E-state index contributed by atoms with van der Waals surface area (Å²) in [6.45, 7) is 0. The van der Waals surface area contributed by atoms with Crippen molar-refractivity contribution in [3.8, 4) is 0 Å². The number of alkyl halides is 6. The molecule has 0 N–H and O–H groups in total. The van der Waals surface area contributed by atoms with Crippen molar-refractivity contribution in [2.45, 2.75) is 17.6 Å². The zero-order valence-corrected chi connectivity index (χ0v) is 7.64. The predicted molar refractivity (Wildman–Crippen MR) is 34.9 cm³/mol. The smallest absolute Gasteiger partial charge is 0.229 e. The van der Waals surface area contributed by atoms with E-state index in [1.54, 1.807) is 0 Å². The van der Waals surface area contributed by atoms with Gasteiger partial charge in [0.25, 0.3) is 6.17 Å². The van der Waals surface area contributed by atoms with E-state index in [1.165, 1.54) is 0 Å². The molecule has 3 nitrogen and oxygen atoms in total. The van der Waals surface area contributed by atoms with E-state index >= 15 is 0 Å². The van der Waals surface area contributed by atoms with Crippen molar-refractivity contribution in [1.29, 1.82) is 0 Å². The molecule has 0 aromatic heterocycles. The lowest BCUT2D eigenvalue weighted by molar-refractivity contribution is -0.222. The van der Waals surface area contributed by atoms with Crippen LogP contribution in [0.4, 0.5) is 26.3 Å². The Morgan fingerprint density at radius 1 is 1.14 bits per heavy atom. The molecular formula is C3H2F6O3S2. The molecule has 0 amide bonds. The Kier molecular flexibility index (Phi) is 3.73. The molecule has 0 rings (SSSR count). The van der Waals surface area contributed by atoms with Crippen LogP contribution < -0.4 is 0 Å². The molecule has 11 heteroatoms. The summed E-state index contributed by atoms with van der Waals surface area (Å²) < 4.78 is 93.7. The zero-order valence-electron chi connectivity index (χ0n) is 5.93. The fourth-order valence-corrected chi connectivity index (χ4v) is 1.15. The minimum absolute atomic E-state index is 2.38. The molecule has 0 aromatic carbocycles. The van der Waals surface area contributed by atoms with E-state index in [1.807, 2.05) is 0 Å². The Bertz CT molecular complexity index is 294. The third-order valence-corrected chi connectivity index (χ3v) is 2.67. The molecule has 1 atom stereocenters. The summed E-state index contributed by atoms with van der Waals surface area (Å²) in [5, 5.41) is -5.73. The molecule has 0 bridgehead atoms. The second kappa shape index (κ2) is 3.77. The van der Waals surface area contributed by atoms with E-state index in [0.717, 1.165) is 0 Å². The van der Waals surface area contributed by atoms with Gasteiger partial charge < -0.3 is 0 Å². The van der Waals surface area contributed by atoms with Gasteiger partial charge in [-0.1, -0.05) is 0 Å². The van der Waals surface area contributed by atoms with Crippen LogP contribution in [0.3, 0.4) is 0 Å². The summed E-state index contributed by atoms with van der Waals surface area (Å²) in [6, 6.07) is 0. The van der Waals surface area contributed by atoms with Crippen LogP contribution in [0.25, 0.3) is 0 Å². The number of thiol groups is 1. The highest BCUT2D eigenvalue weighted by atomic mass is 32.3. The SMILES string of the molecule is O=S(=O)(OS)C(F)(F)C(F)C(F)(F)F. The van der Waals surface area contributed by atoms with Gasteiger partial charge in [0.15, 0.2) is 0 Å². The van der Waals surface area contributed by atoms with Crippen LogP contribution in [-0.4, -0.2) is 26.0 Å². The summed E-state index contributed by atoms with van der Waals surface area (Å²) in [6.07, 6.45) is -10.9. The van der Waals surface area contributed by atoms with E-state index in [2.05, 4.69) is 16.5 Å². The number of hydrogen-bond acceptors (Lipinski definition) is 4. The average molecular weight is 264 g/mol. The molecule has 1 unspecified atom stereocenters. The average Bonchev–Trinajstić information content (AvgIpc) is 2.01. The van der Waals surface area contributed by atoms with Gasteiger partial charge in [-0.25, -0.2) is 4.39 Å². The van der Waals surface area contributed by atoms with Gasteiger partial charge in [0.2, 0.25) is 0 Å². The fraction of sp³-hybridized carbons (Fsp3) is 1.00. The molecule has 0 saturated heterocycles. The Labute approximate surface area is 79.8 Å². The molecule has 0 radical (unpaired) electrons. The van der Waals surface area contributed by atoms with Crippen LogP contribution in [0, 0.1) is 0 Å². The van der Waals surface area contributed by atoms with Crippen molar-refractivity contribution >= 4 is 23.0 Å². The highest BCUT2D eigenvalue weighted by Gasteiger charge is 2.65. The molecule has 0 saturated carbocycles. The van der Waals surface area contributed by atoms with E-state index in [9.17, 15) is 34.8 Å². The molecule has 0 aliphatic heterocycles. The van der Waals surface area contributed by atoms with Gasteiger partial charge in [0.05, 0.1) is 0 Å². The first-order valence-electron chi connectivity index (χ1n) is 2.63. The van der Waals surface area contributed by atoms with Crippen LogP contribution in [0.2, 0.25) is 0 Å². The Hall–Kier alpha value is -0.160.